The van der Waals surface area contributed by atoms with Crippen molar-refractivity contribution in [3.05, 3.63) is 40.8 Å². The van der Waals surface area contributed by atoms with Crippen LogP contribution in [0, 0.1) is 12.8 Å². The van der Waals surface area contributed by atoms with Crippen LogP contribution in [0.1, 0.15) is 48.8 Å². The SMILES string of the molecule is CCOC(=O)c1c(NC(=O)CN2CCC(C(=O)N(CC)CC)CC2)sc(C)c1-c1ccccc1. The summed E-state index contributed by atoms with van der Waals surface area (Å²) >= 11 is 1.39. The van der Waals surface area contributed by atoms with Crippen molar-refractivity contribution >= 4 is 34.1 Å². The number of anilines is 1. The number of piperidine rings is 1. The molecule has 2 amide bonds. The number of rotatable bonds is 9. The number of amides is 2. The number of thiophene rings is 1. The third kappa shape index (κ3) is 6.04. The molecule has 0 saturated carbocycles. The summed E-state index contributed by atoms with van der Waals surface area (Å²) in [6, 6.07) is 9.68. The van der Waals surface area contributed by atoms with Gasteiger partial charge in [-0.2, -0.15) is 0 Å². The summed E-state index contributed by atoms with van der Waals surface area (Å²) < 4.78 is 5.32. The van der Waals surface area contributed by atoms with Gasteiger partial charge in [0.05, 0.1) is 13.2 Å². The Morgan fingerprint density at radius 3 is 2.32 bits per heavy atom. The molecule has 0 unspecified atom stereocenters. The van der Waals surface area contributed by atoms with E-state index < -0.39 is 5.97 Å². The number of nitrogens with one attached hydrogen (secondary N) is 1. The van der Waals surface area contributed by atoms with E-state index in [1.165, 1.54) is 11.3 Å². The first-order valence-electron chi connectivity index (χ1n) is 12.1. The highest BCUT2D eigenvalue weighted by Gasteiger charge is 2.29. The maximum Gasteiger partial charge on any atom is 0.341 e. The fourth-order valence-corrected chi connectivity index (χ4v) is 5.56. The molecule has 1 aromatic heterocycles. The van der Waals surface area contributed by atoms with E-state index in [9.17, 15) is 14.4 Å². The van der Waals surface area contributed by atoms with E-state index >= 15 is 0 Å². The Labute approximate surface area is 206 Å². The van der Waals surface area contributed by atoms with Gasteiger partial charge in [-0.3, -0.25) is 14.5 Å². The van der Waals surface area contributed by atoms with Crippen molar-refractivity contribution in [1.29, 1.82) is 0 Å². The number of carbonyl (C=O) groups excluding carboxylic acids is 3. The Hall–Kier alpha value is -2.71. The van der Waals surface area contributed by atoms with Gasteiger partial charge in [-0.1, -0.05) is 30.3 Å². The van der Waals surface area contributed by atoms with Gasteiger partial charge in [0.2, 0.25) is 11.8 Å². The van der Waals surface area contributed by atoms with Gasteiger partial charge < -0.3 is 15.0 Å². The lowest BCUT2D eigenvalue weighted by molar-refractivity contribution is -0.136. The van der Waals surface area contributed by atoms with Crippen LogP contribution in [0.4, 0.5) is 5.00 Å². The zero-order valence-corrected chi connectivity index (χ0v) is 21.4. The molecule has 184 valence electrons. The van der Waals surface area contributed by atoms with Gasteiger partial charge >= 0.3 is 5.97 Å². The van der Waals surface area contributed by atoms with Crippen LogP contribution in [-0.4, -0.2) is 66.9 Å². The summed E-state index contributed by atoms with van der Waals surface area (Å²) in [7, 11) is 0. The summed E-state index contributed by atoms with van der Waals surface area (Å²) in [5.74, 6) is -0.352. The minimum Gasteiger partial charge on any atom is -0.462 e. The number of hydrogen-bond acceptors (Lipinski definition) is 6. The lowest BCUT2D eigenvalue weighted by atomic mass is 9.95. The van der Waals surface area contributed by atoms with E-state index in [0.29, 0.717) is 23.7 Å². The van der Waals surface area contributed by atoms with Gasteiger partial charge in [0.1, 0.15) is 10.6 Å². The maximum atomic E-state index is 12.9. The molecule has 1 aliphatic heterocycles. The molecule has 34 heavy (non-hydrogen) atoms. The third-order valence-corrected chi connectivity index (χ3v) is 7.28. The van der Waals surface area contributed by atoms with E-state index in [1.807, 2.05) is 56.0 Å². The average molecular weight is 486 g/mol. The number of carbonyl (C=O) groups is 3. The summed E-state index contributed by atoms with van der Waals surface area (Å²) in [6.45, 7) is 11.1. The standard InChI is InChI=1S/C26H35N3O4S/c1-5-29(6-2)25(31)20-13-15-28(16-14-20)17-21(30)27-24-23(26(32)33-7-3)22(18(4)34-24)19-11-9-8-10-12-19/h8-12,20H,5-7,13-17H2,1-4H3,(H,27,30). The van der Waals surface area contributed by atoms with Crippen molar-refractivity contribution in [2.45, 2.75) is 40.5 Å². The molecule has 1 N–H and O–H groups in total. The second kappa shape index (κ2) is 12.1. The highest BCUT2D eigenvalue weighted by Crippen LogP contribution is 2.40. The van der Waals surface area contributed by atoms with Crippen LogP contribution in [0.25, 0.3) is 11.1 Å². The maximum absolute atomic E-state index is 12.9. The molecule has 0 atom stereocenters. The number of ether oxygens (including phenoxy) is 1. The predicted octanol–water partition coefficient (Wildman–Crippen LogP) is 4.42. The fraction of sp³-hybridized carbons (Fsp3) is 0.500. The molecule has 0 spiro atoms. The molecule has 0 radical (unpaired) electrons. The highest BCUT2D eigenvalue weighted by molar-refractivity contribution is 7.17. The third-order valence-electron chi connectivity index (χ3n) is 6.26. The molecule has 2 aromatic rings. The first-order chi connectivity index (χ1) is 16.4. The van der Waals surface area contributed by atoms with E-state index in [0.717, 1.165) is 41.9 Å². The Morgan fingerprint density at radius 1 is 1.09 bits per heavy atom. The van der Waals surface area contributed by atoms with Crippen LogP contribution in [-0.2, 0) is 14.3 Å². The summed E-state index contributed by atoms with van der Waals surface area (Å²) in [5, 5.41) is 3.48. The lowest BCUT2D eigenvalue weighted by Crippen LogP contribution is -2.44. The van der Waals surface area contributed by atoms with Gasteiger partial charge in [-0.25, -0.2) is 4.79 Å². The van der Waals surface area contributed by atoms with Gasteiger partial charge in [0.15, 0.2) is 0 Å². The number of esters is 1. The van der Waals surface area contributed by atoms with Crippen LogP contribution < -0.4 is 5.32 Å². The number of benzene rings is 1. The monoisotopic (exact) mass is 485 g/mol. The molecule has 8 heteroatoms. The van der Waals surface area contributed by atoms with Crippen LogP contribution in [0.2, 0.25) is 0 Å². The fourth-order valence-electron chi connectivity index (χ4n) is 4.48. The first kappa shape index (κ1) is 25.9. The van der Waals surface area contributed by atoms with Crippen LogP contribution >= 0.6 is 11.3 Å². The van der Waals surface area contributed by atoms with Crippen LogP contribution in [0.15, 0.2) is 30.3 Å². The Kier molecular flexibility index (Phi) is 9.24. The quantitative estimate of drug-likeness (QED) is 0.532. The molecule has 1 saturated heterocycles. The van der Waals surface area contributed by atoms with Crippen molar-refractivity contribution in [3.8, 4) is 11.1 Å². The molecule has 1 aliphatic rings. The Balaban J connectivity index is 1.68. The molecule has 7 nitrogen and oxygen atoms in total. The Bertz CT molecular complexity index is 993. The summed E-state index contributed by atoms with van der Waals surface area (Å²) in [5.41, 5.74) is 2.13. The molecule has 1 aromatic carbocycles. The molecule has 0 aliphatic carbocycles. The van der Waals surface area contributed by atoms with Crippen LogP contribution in [0.3, 0.4) is 0 Å². The average Bonchev–Trinajstić information content (AvgIpc) is 3.16. The van der Waals surface area contributed by atoms with E-state index in [4.69, 9.17) is 4.74 Å². The van der Waals surface area contributed by atoms with E-state index in [1.54, 1.807) is 6.92 Å². The topological polar surface area (TPSA) is 79.0 Å². The van der Waals surface area contributed by atoms with E-state index in [-0.39, 0.29) is 30.9 Å². The second-order valence-electron chi connectivity index (χ2n) is 8.43. The van der Waals surface area contributed by atoms with Crippen molar-refractivity contribution in [2.75, 3.05) is 44.6 Å². The molecular formula is C26H35N3O4S. The number of likely N-dealkylation sites (tertiary alicyclic amines) is 1. The summed E-state index contributed by atoms with van der Waals surface area (Å²) in [6.07, 6.45) is 1.51. The Morgan fingerprint density at radius 2 is 1.74 bits per heavy atom. The smallest absolute Gasteiger partial charge is 0.341 e. The van der Waals surface area contributed by atoms with Gasteiger partial charge in [0, 0.05) is 29.4 Å². The van der Waals surface area contributed by atoms with E-state index in [2.05, 4.69) is 10.2 Å². The molecule has 0 bridgehead atoms. The van der Waals surface area contributed by atoms with Crippen molar-refractivity contribution in [2.24, 2.45) is 5.92 Å². The van der Waals surface area contributed by atoms with Crippen molar-refractivity contribution in [1.82, 2.24) is 9.80 Å². The van der Waals surface area contributed by atoms with Crippen molar-refractivity contribution in [3.63, 3.8) is 0 Å². The zero-order valence-electron chi connectivity index (χ0n) is 20.6. The van der Waals surface area contributed by atoms with Crippen molar-refractivity contribution < 1.29 is 19.1 Å². The normalized spacial score (nSPS) is 14.6. The van der Waals surface area contributed by atoms with Gasteiger partial charge in [0.25, 0.3) is 0 Å². The zero-order chi connectivity index (χ0) is 24.7. The van der Waals surface area contributed by atoms with Gasteiger partial charge in [-0.15, -0.1) is 11.3 Å². The lowest BCUT2D eigenvalue weighted by Gasteiger charge is -2.33. The number of hydrogen-bond donors (Lipinski definition) is 1. The minimum atomic E-state index is -0.434. The predicted molar refractivity (Wildman–Crippen MR) is 136 cm³/mol. The van der Waals surface area contributed by atoms with Gasteiger partial charge in [-0.05, 0) is 59.2 Å². The molecular weight excluding hydrogens is 450 g/mol. The molecule has 2 heterocycles. The number of nitrogens with zero attached hydrogens (tertiary/aromatic N) is 2. The first-order valence-corrected chi connectivity index (χ1v) is 12.9. The molecule has 1 fully saturated rings. The largest absolute Gasteiger partial charge is 0.462 e. The summed E-state index contributed by atoms with van der Waals surface area (Å²) in [4.78, 5) is 43.3. The van der Waals surface area contributed by atoms with Crippen LogP contribution in [0.5, 0.6) is 0 Å². The number of aryl methyl sites for hydroxylation is 1. The molecule has 3 rings (SSSR count). The minimum absolute atomic E-state index is 0.0306. The second-order valence-corrected chi connectivity index (χ2v) is 9.66. The highest BCUT2D eigenvalue weighted by atomic mass is 32.1.